The Morgan fingerprint density at radius 3 is 2.81 bits per heavy atom. The average Bonchev–Trinajstić information content (AvgIpc) is 3.24. The Hall–Kier alpha value is -2.27. The second-order valence-corrected chi connectivity index (χ2v) is 9.38. The predicted molar refractivity (Wildman–Crippen MR) is 121 cm³/mol. The number of aryl methyl sites for hydroxylation is 1. The van der Waals surface area contributed by atoms with Crippen molar-refractivity contribution >= 4 is 22.9 Å². The first-order chi connectivity index (χ1) is 15.0. The number of aliphatic hydroxyl groups is 2. The smallest absolute Gasteiger partial charge is 0.110 e. The molecule has 3 heterocycles. The molecule has 31 heavy (non-hydrogen) atoms. The first-order valence-corrected chi connectivity index (χ1v) is 11.3. The van der Waals surface area contributed by atoms with E-state index < -0.39 is 24.2 Å². The maximum atomic E-state index is 10.6. The van der Waals surface area contributed by atoms with Gasteiger partial charge in [0.05, 0.1) is 24.7 Å². The maximum Gasteiger partial charge on any atom is 0.110 e. The molecular weight excluding hydrogens is 432 g/mol. The number of nitriles is 1. The summed E-state index contributed by atoms with van der Waals surface area (Å²) in [7, 11) is 0. The Kier molecular flexibility index (Phi) is 6.71. The van der Waals surface area contributed by atoms with Gasteiger partial charge in [-0.1, -0.05) is 29.8 Å². The highest BCUT2D eigenvalue weighted by Gasteiger charge is 2.38. The van der Waals surface area contributed by atoms with Gasteiger partial charge in [-0.25, -0.2) is 0 Å². The van der Waals surface area contributed by atoms with E-state index in [9.17, 15) is 15.5 Å². The number of ether oxygens (including phenoxy) is 1. The summed E-state index contributed by atoms with van der Waals surface area (Å²) >= 11 is 8.16. The molecule has 160 valence electrons. The van der Waals surface area contributed by atoms with Gasteiger partial charge < -0.3 is 14.9 Å². The second-order valence-electron chi connectivity index (χ2n) is 7.80. The highest BCUT2D eigenvalue weighted by molar-refractivity contribution is 7.15. The Labute approximate surface area is 190 Å². The van der Waals surface area contributed by atoms with Gasteiger partial charge in [0, 0.05) is 38.7 Å². The van der Waals surface area contributed by atoms with E-state index in [1.807, 2.05) is 31.3 Å². The van der Waals surface area contributed by atoms with Gasteiger partial charge in [0.25, 0.3) is 0 Å². The molecule has 0 saturated carbocycles. The standard InChI is InChI=1S/C24H23ClN2O3S/c1-14-2-3-16(12-27-14)22-7-5-20(31-22)10-17-8-15(4-6-21(17)25)24-23(29)18(11-26)9-19(13-28)30-24/h2-8,12,18-19,23-24,28-29H,9-10,13H2,1H3/t18?,19?,23-,24?/m1/s1. The minimum absolute atomic E-state index is 0.187. The van der Waals surface area contributed by atoms with Gasteiger partial charge in [0.2, 0.25) is 0 Å². The maximum absolute atomic E-state index is 10.6. The molecule has 4 atom stereocenters. The number of nitrogens with zero attached hydrogens (tertiary/aromatic N) is 2. The van der Waals surface area contributed by atoms with Crippen LogP contribution in [-0.2, 0) is 11.2 Å². The van der Waals surface area contributed by atoms with Crippen molar-refractivity contribution in [1.82, 2.24) is 4.98 Å². The molecule has 0 amide bonds. The van der Waals surface area contributed by atoms with Crippen LogP contribution in [0, 0.1) is 24.2 Å². The first kappa shape index (κ1) is 21.9. The molecular formula is C24H23ClN2O3S. The summed E-state index contributed by atoms with van der Waals surface area (Å²) in [4.78, 5) is 6.66. The molecule has 0 aliphatic carbocycles. The van der Waals surface area contributed by atoms with Crippen molar-refractivity contribution in [3.63, 3.8) is 0 Å². The zero-order chi connectivity index (χ0) is 22.0. The lowest BCUT2D eigenvalue weighted by atomic mass is 9.86. The van der Waals surface area contributed by atoms with Crippen molar-refractivity contribution in [2.45, 2.75) is 38.1 Å². The van der Waals surface area contributed by atoms with Crippen LogP contribution in [0.3, 0.4) is 0 Å². The first-order valence-electron chi connectivity index (χ1n) is 10.1. The fourth-order valence-electron chi connectivity index (χ4n) is 3.84. The molecule has 2 aromatic heterocycles. The molecule has 7 heteroatoms. The molecule has 3 aromatic rings. The van der Waals surface area contributed by atoms with Crippen molar-refractivity contribution < 1.29 is 14.9 Å². The lowest BCUT2D eigenvalue weighted by molar-refractivity contribution is -0.148. The molecule has 3 unspecified atom stereocenters. The molecule has 0 spiro atoms. The lowest BCUT2D eigenvalue weighted by Gasteiger charge is -2.36. The molecule has 5 nitrogen and oxygen atoms in total. The van der Waals surface area contributed by atoms with Crippen LogP contribution in [0.4, 0.5) is 0 Å². The lowest BCUT2D eigenvalue weighted by Crippen LogP contribution is -2.40. The minimum Gasteiger partial charge on any atom is -0.394 e. The Morgan fingerprint density at radius 2 is 2.10 bits per heavy atom. The number of aliphatic hydroxyl groups excluding tert-OH is 2. The van der Waals surface area contributed by atoms with Gasteiger partial charge in [0.15, 0.2) is 0 Å². The highest BCUT2D eigenvalue weighted by atomic mass is 35.5. The van der Waals surface area contributed by atoms with Crippen LogP contribution in [0.5, 0.6) is 0 Å². The van der Waals surface area contributed by atoms with Gasteiger partial charge in [-0.2, -0.15) is 5.26 Å². The molecule has 1 saturated heterocycles. The monoisotopic (exact) mass is 454 g/mol. The highest BCUT2D eigenvalue weighted by Crippen LogP contribution is 2.37. The minimum atomic E-state index is -0.954. The number of benzene rings is 1. The Bertz CT molecular complexity index is 1090. The third-order valence-electron chi connectivity index (χ3n) is 5.57. The number of thiophene rings is 1. The van der Waals surface area contributed by atoms with Crippen LogP contribution in [0.25, 0.3) is 10.4 Å². The average molecular weight is 455 g/mol. The van der Waals surface area contributed by atoms with Crippen molar-refractivity contribution in [3.05, 3.63) is 75.4 Å². The largest absolute Gasteiger partial charge is 0.394 e. The molecule has 1 fully saturated rings. The van der Waals surface area contributed by atoms with Crippen molar-refractivity contribution in [1.29, 1.82) is 5.26 Å². The second kappa shape index (κ2) is 9.47. The number of halogens is 1. The number of rotatable bonds is 5. The van der Waals surface area contributed by atoms with Crippen LogP contribution in [0.1, 0.15) is 34.2 Å². The predicted octanol–water partition coefficient (Wildman–Crippen LogP) is 4.69. The zero-order valence-corrected chi connectivity index (χ0v) is 18.6. The van der Waals surface area contributed by atoms with E-state index in [2.05, 4.69) is 29.3 Å². The van der Waals surface area contributed by atoms with E-state index >= 15 is 0 Å². The topological polar surface area (TPSA) is 86.4 Å². The van der Waals surface area contributed by atoms with Crippen LogP contribution in [0.2, 0.25) is 5.02 Å². The van der Waals surface area contributed by atoms with Gasteiger partial charge in [-0.15, -0.1) is 11.3 Å². The van der Waals surface area contributed by atoms with E-state index in [4.69, 9.17) is 16.3 Å². The molecule has 0 radical (unpaired) electrons. The molecule has 1 aliphatic rings. The van der Waals surface area contributed by atoms with E-state index in [1.165, 1.54) is 0 Å². The van der Waals surface area contributed by atoms with Crippen molar-refractivity contribution in [3.8, 4) is 16.5 Å². The molecule has 0 bridgehead atoms. The number of hydrogen-bond donors (Lipinski definition) is 2. The Balaban J connectivity index is 1.57. The van der Waals surface area contributed by atoms with Crippen LogP contribution in [-0.4, -0.2) is 34.0 Å². The number of aromatic nitrogens is 1. The summed E-state index contributed by atoms with van der Waals surface area (Å²) < 4.78 is 5.88. The SMILES string of the molecule is Cc1ccc(-c2ccc(Cc3cc(C4OC(CO)CC(C#N)[C@H]4O)ccc3Cl)s2)cn1. The quantitative estimate of drug-likeness (QED) is 0.584. The van der Waals surface area contributed by atoms with E-state index in [0.717, 1.165) is 32.1 Å². The van der Waals surface area contributed by atoms with Crippen molar-refractivity contribution in [2.24, 2.45) is 5.92 Å². The molecule has 4 rings (SSSR count). The zero-order valence-electron chi connectivity index (χ0n) is 17.0. The normalized spacial score (nSPS) is 23.5. The summed E-state index contributed by atoms with van der Waals surface area (Å²) in [5, 5.41) is 30.2. The molecule has 2 N–H and O–H groups in total. The molecule has 1 aromatic carbocycles. The summed E-state index contributed by atoms with van der Waals surface area (Å²) in [5.74, 6) is -0.585. The van der Waals surface area contributed by atoms with Crippen LogP contribution >= 0.6 is 22.9 Å². The summed E-state index contributed by atoms with van der Waals surface area (Å²) in [6, 6.07) is 15.9. The summed E-state index contributed by atoms with van der Waals surface area (Å²) in [5.41, 5.74) is 3.74. The third-order valence-corrected chi connectivity index (χ3v) is 7.07. The van der Waals surface area contributed by atoms with E-state index in [-0.39, 0.29) is 6.61 Å². The van der Waals surface area contributed by atoms with Crippen LogP contribution in [0.15, 0.2) is 48.7 Å². The van der Waals surface area contributed by atoms with E-state index in [1.54, 1.807) is 17.4 Å². The van der Waals surface area contributed by atoms with Gasteiger partial charge >= 0.3 is 0 Å². The summed E-state index contributed by atoms with van der Waals surface area (Å²) in [6.45, 7) is 1.78. The van der Waals surface area contributed by atoms with Gasteiger partial charge in [-0.05, 0) is 48.7 Å². The van der Waals surface area contributed by atoms with Gasteiger partial charge in [0.1, 0.15) is 12.2 Å². The van der Waals surface area contributed by atoms with Crippen molar-refractivity contribution in [2.75, 3.05) is 6.61 Å². The number of hydrogen-bond acceptors (Lipinski definition) is 6. The fourth-order valence-corrected chi connectivity index (χ4v) is 5.04. The van der Waals surface area contributed by atoms with E-state index in [0.29, 0.717) is 17.9 Å². The van der Waals surface area contributed by atoms with Crippen LogP contribution < -0.4 is 0 Å². The third kappa shape index (κ3) is 4.82. The van der Waals surface area contributed by atoms with Gasteiger partial charge in [-0.3, -0.25) is 4.98 Å². The number of pyridine rings is 1. The summed E-state index contributed by atoms with van der Waals surface area (Å²) in [6.07, 6.45) is 0.735. The molecule has 1 aliphatic heterocycles. The fraction of sp³-hybridized carbons (Fsp3) is 0.333. The Morgan fingerprint density at radius 1 is 1.26 bits per heavy atom.